The molecule has 8 heteroatoms. The van der Waals surface area contributed by atoms with Crippen molar-refractivity contribution in [1.82, 2.24) is 20.1 Å². The van der Waals surface area contributed by atoms with E-state index in [1.807, 2.05) is 10.6 Å². The third-order valence-corrected chi connectivity index (χ3v) is 4.98. The van der Waals surface area contributed by atoms with Gasteiger partial charge in [-0.15, -0.1) is 16.8 Å². The fraction of sp³-hybridized carbons (Fsp3) is 0.625. The van der Waals surface area contributed by atoms with E-state index in [-0.39, 0.29) is 18.2 Å². The highest BCUT2D eigenvalue weighted by molar-refractivity contribution is 7.99. The third-order valence-electron chi connectivity index (χ3n) is 4.02. The predicted octanol–water partition coefficient (Wildman–Crippen LogP) is 1.89. The lowest BCUT2D eigenvalue weighted by Crippen LogP contribution is -2.31. The number of nitrogens with one attached hydrogen (secondary N) is 1. The standard InChI is InChI=1S/C16H24N4O3S/c1-3-9-20-15(12-7-5-4-6-8-12)18-19-16(20)24-11-13(21)17-10-14(22)23-2/h3,12H,1,4-11H2,2H3,(H,17,21). The van der Waals surface area contributed by atoms with Crippen molar-refractivity contribution in [2.45, 2.75) is 49.7 Å². The van der Waals surface area contributed by atoms with Crippen LogP contribution >= 0.6 is 11.8 Å². The van der Waals surface area contributed by atoms with Crippen molar-refractivity contribution in [2.75, 3.05) is 19.4 Å². The summed E-state index contributed by atoms with van der Waals surface area (Å²) < 4.78 is 6.53. The number of hydrogen-bond acceptors (Lipinski definition) is 6. The molecule has 0 unspecified atom stereocenters. The second kappa shape index (κ2) is 9.46. The number of methoxy groups -OCH3 is 1. The molecule has 2 rings (SSSR count). The van der Waals surface area contributed by atoms with Gasteiger partial charge in [0.2, 0.25) is 5.91 Å². The van der Waals surface area contributed by atoms with Crippen LogP contribution in [0.25, 0.3) is 0 Å². The zero-order chi connectivity index (χ0) is 17.4. The first-order chi connectivity index (χ1) is 11.7. The molecule has 1 saturated carbocycles. The highest BCUT2D eigenvalue weighted by atomic mass is 32.2. The molecule has 0 radical (unpaired) electrons. The zero-order valence-electron chi connectivity index (χ0n) is 14.0. The molecule has 0 aliphatic heterocycles. The quantitative estimate of drug-likeness (QED) is 0.437. The van der Waals surface area contributed by atoms with Crippen LogP contribution in [0.4, 0.5) is 0 Å². The van der Waals surface area contributed by atoms with Crippen molar-refractivity contribution in [3.63, 3.8) is 0 Å². The largest absolute Gasteiger partial charge is 0.468 e. The van der Waals surface area contributed by atoms with Gasteiger partial charge in [0.15, 0.2) is 5.16 Å². The fourth-order valence-electron chi connectivity index (χ4n) is 2.79. The normalized spacial score (nSPS) is 15.0. The number of ether oxygens (including phenoxy) is 1. The summed E-state index contributed by atoms with van der Waals surface area (Å²) >= 11 is 1.32. The van der Waals surface area contributed by atoms with Crippen molar-refractivity contribution >= 4 is 23.6 Å². The van der Waals surface area contributed by atoms with Crippen molar-refractivity contribution in [2.24, 2.45) is 0 Å². The van der Waals surface area contributed by atoms with Crippen LogP contribution in [0.15, 0.2) is 17.8 Å². The van der Waals surface area contributed by atoms with Gasteiger partial charge in [-0.3, -0.25) is 9.59 Å². The lowest BCUT2D eigenvalue weighted by molar-refractivity contribution is -0.140. The maximum absolute atomic E-state index is 11.8. The Morgan fingerprint density at radius 1 is 1.38 bits per heavy atom. The summed E-state index contributed by atoms with van der Waals surface area (Å²) in [6.45, 7) is 4.31. The minimum absolute atomic E-state index is 0.122. The summed E-state index contributed by atoms with van der Waals surface area (Å²) in [4.78, 5) is 22.8. The number of thioether (sulfide) groups is 1. The number of carbonyl (C=O) groups excluding carboxylic acids is 2. The molecular formula is C16H24N4O3S. The number of nitrogens with zero attached hydrogens (tertiary/aromatic N) is 3. The van der Waals surface area contributed by atoms with E-state index in [0.717, 1.165) is 18.7 Å². The Bertz CT molecular complexity index is 582. The second-order valence-electron chi connectivity index (χ2n) is 5.72. The van der Waals surface area contributed by atoms with Crippen molar-refractivity contribution in [3.05, 3.63) is 18.5 Å². The van der Waals surface area contributed by atoms with Gasteiger partial charge in [-0.25, -0.2) is 0 Å². The van der Waals surface area contributed by atoms with Crippen molar-refractivity contribution in [3.8, 4) is 0 Å². The third kappa shape index (κ3) is 5.09. The molecule has 0 bridgehead atoms. The molecule has 24 heavy (non-hydrogen) atoms. The lowest BCUT2D eigenvalue weighted by Gasteiger charge is -2.21. The summed E-state index contributed by atoms with van der Waals surface area (Å²) in [7, 11) is 1.29. The average molecular weight is 352 g/mol. The van der Waals surface area contributed by atoms with Crippen LogP contribution in [0.2, 0.25) is 0 Å². The molecule has 1 heterocycles. The van der Waals surface area contributed by atoms with E-state index >= 15 is 0 Å². The molecule has 0 saturated heterocycles. The van der Waals surface area contributed by atoms with Gasteiger partial charge in [-0.05, 0) is 12.8 Å². The number of aromatic nitrogens is 3. The summed E-state index contributed by atoms with van der Waals surface area (Å²) in [5.41, 5.74) is 0. The Kier molecular flexibility index (Phi) is 7.30. The van der Waals surface area contributed by atoms with Crippen LogP contribution < -0.4 is 5.32 Å². The van der Waals surface area contributed by atoms with Gasteiger partial charge < -0.3 is 14.6 Å². The maximum atomic E-state index is 11.8. The van der Waals surface area contributed by atoms with Crippen molar-refractivity contribution < 1.29 is 14.3 Å². The monoisotopic (exact) mass is 352 g/mol. The Morgan fingerprint density at radius 2 is 2.12 bits per heavy atom. The molecule has 1 aliphatic rings. The van der Waals surface area contributed by atoms with E-state index in [1.54, 1.807) is 0 Å². The topological polar surface area (TPSA) is 86.1 Å². The van der Waals surface area contributed by atoms with E-state index in [0.29, 0.717) is 17.6 Å². The first-order valence-corrected chi connectivity index (χ1v) is 9.14. The van der Waals surface area contributed by atoms with E-state index in [9.17, 15) is 9.59 Å². The van der Waals surface area contributed by atoms with Crippen LogP contribution in [-0.2, 0) is 20.9 Å². The Labute approximate surface area is 146 Å². The molecule has 0 aromatic carbocycles. The van der Waals surface area contributed by atoms with Crippen LogP contribution in [0.1, 0.15) is 43.8 Å². The Morgan fingerprint density at radius 3 is 2.79 bits per heavy atom. The number of carbonyl (C=O) groups is 2. The molecule has 132 valence electrons. The van der Waals surface area contributed by atoms with Crippen LogP contribution in [-0.4, -0.2) is 46.0 Å². The summed E-state index contributed by atoms with van der Waals surface area (Å²) in [5.74, 6) is 0.901. The molecule has 1 aromatic rings. The first-order valence-electron chi connectivity index (χ1n) is 8.16. The summed E-state index contributed by atoms with van der Waals surface area (Å²) in [6.07, 6.45) is 7.83. The number of amides is 1. The highest BCUT2D eigenvalue weighted by Gasteiger charge is 2.23. The number of esters is 1. The molecule has 0 atom stereocenters. The molecular weight excluding hydrogens is 328 g/mol. The van der Waals surface area contributed by atoms with E-state index in [1.165, 1.54) is 38.1 Å². The maximum Gasteiger partial charge on any atom is 0.325 e. The molecule has 1 amide bonds. The number of rotatable bonds is 8. The van der Waals surface area contributed by atoms with E-state index in [2.05, 4.69) is 26.8 Å². The van der Waals surface area contributed by atoms with Gasteiger partial charge in [0, 0.05) is 12.5 Å². The number of allylic oxidation sites excluding steroid dienone is 1. The Hall–Kier alpha value is -1.83. The zero-order valence-corrected chi connectivity index (χ0v) is 14.8. The van der Waals surface area contributed by atoms with Gasteiger partial charge in [0.1, 0.15) is 12.4 Å². The summed E-state index contributed by atoms with van der Waals surface area (Å²) in [6, 6.07) is 0. The molecule has 1 N–H and O–H groups in total. The SMILES string of the molecule is C=CCn1c(SCC(=O)NCC(=O)OC)nnc1C1CCCCC1. The van der Waals surface area contributed by atoms with Gasteiger partial charge >= 0.3 is 5.97 Å². The molecule has 1 fully saturated rings. The van der Waals surface area contributed by atoms with Crippen LogP contribution in [0, 0.1) is 0 Å². The highest BCUT2D eigenvalue weighted by Crippen LogP contribution is 2.33. The van der Waals surface area contributed by atoms with E-state index in [4.69, 9.17) is 0 Å². The minimum atomic E-state index is -0.470. The average Bonchev–Trinajstić information content (AvgIpc) is 3.01. The van der Waals surface area contributed by atoms with Gasteiger partial charge in [0.25, 0.3) is 0 Å². The fourth-order valence-corrected chi connectivity index (χ4v) is 3.58. The van der Waals surface area contributed by atoms with Gasteiger partial charge in [-0.1, -0.05) is 37.1 Å². The Balaban J connectivity index is 1.96. The first kappa shape index (κ1) is 18.5. The predicted molar refractivity (Wildman–Crippen MR) is 91.8 cm³/mol. The van der Waals surface area contributed by atoms with Crippen LogP contribution in [0.5, 0.6) is 0 Å². The summed E-state index contributed by atoms with van der Waals surface area (Å²) in [5, 5.41) is 11.8. The van der Waals surface area contributed by atoms with E-state index < -0.39 is 5.97 Å². The molecule has 1 aliphatic carbocycles. The molecule has 1 aromatic heterocycles. The van der Waals surface area contributed by atoms with Crippen LogP contribution in [0.3, 0.4) is 0 Å². The molecule has 7 nitrogen and oxygen atoms in total. The lowest BCUT2D eigenvalue weighted by atomic mass is 9.89. The second-order valence-corrected chi connectivity index (χ2v) is 6.66. The smallest absolute Gasteiger partial charge is 0.325 e. The molecule has 0 spiro atoms. The number of hydrogen-bond donors (Lipinski definition) is 1. The van der Waals surface area contributed by atoms with Crippen molar-refractivity contribution in [1.29, 1.82) is 0 Å². The minimum Gasteiger partial charge on any atom is -0.468 e. The van der Waals surface area contributed by atoms with Gasteiger partial charge in [-0.2, -0.15) is 0 Å². The van der Waals surface area contributed by atoms with Gasteiger partial charge in [0.05, 0.1) is 12.9 Å².